The molecule has 0 aromatic carbocycles. The Balaban J connectivity index is 2.37. The number of carboxylic acids is 1. The molecule has 1 saturated carbocycles. The number of thiazole rings is 1. The van der Waals surface area contributed by atoms with Crippen LogP contribution in [0.2, 0.25) is 0 Å². The van der Waals surface area contributed by atoms with Gasteiger partial charge in [0.05, 0.1) is 10.7 Å². The Bertz CT molecular complexity index is 379. The summed E-state index contributed by atoms with van der Waals surface area (Å²) >= 11 is 1.34. The molecule has 4 heteroatoms. The summed E-state index contributed by atoms with van der Waals surface area (Å²) in [6, 6.07) is 0. The molecule has 76 valence electrons. The third-order valence-electron chi connectivity index (χ3n) is 2.96. The summed E-state index contributed by atoms with van der Waals surface area (Å²) in [5, 5.41) is 9.90. The van der Waals surface area contributed by atoms with Crippen LogP contribution in [-0.2, 0) is 5.41 Å². The summed E-state index contributed by atoms with van der Waals surface area (Å²) < 4.78 is 0. The third-order valence-corrected chi connectivity index (χ3v) is 4.42. The van der Waals surface area contributed by atoms with Crippen molar-refractivity contribution in [2.45, 2.75) is 38.5 Å². The summed E-state index contributed by atoms with van der Waals surface area (Å²) in [6.45, 7) is 3.94. The third kappa shape index (κ3) is 1.34. The van der Waals surface area contributed by atoms with Crippen molar-refractivity contribution >= 4 is 17.3 Å². The van der Waals surface area contributed by atoms with E-state index in [9.17, 15) is 4.79 Å². The first-order chi connectivity index (χ1) is 6.53. The molecule has 0 spiro atoms. The van der Waals surface area contributed by atoms with E-state index < -0.39 is 5.97 Å². The van der Waals surface area contributed by atoms with Crippen molar-refractivity contribution in [1.29, 1.82) is 0 Å². The van der Waals surface area contributed by atoms with Crippen LogP contribution in [0.5, 0.6) is 0 Å². The molecule has 1 fully saturated rings. The topological polar surface area (TPSA) is 50.2 Å². The zero-order chi connectivity index (χ0) is 10.3. The number of rotatable bonds is 2. The molecule has 3 nitrogen and oxygen atoms in total. The fraction of sp³-hybridized carbons (Fsp3) is 0.600. The predicted molar refractivity (Wildman–Crippen MR) is 55.0 cm³/mol. The quantitative estimate of drug-likeness (QED) is 0.818. The average Bonchev–Trinajstić information content (AvgIpc) is 2.43. The van der Waals surface area contributed by atoms with Crippen molar-refractivity contribution < 1.29 is 9.90 Å². The molecule has 1 aliphatic rings. The molecular formula is C10H13NO2S. The van der Waals surface area contributed by atoms with Crippen LogP contribution in [0.3, 0.4) is 0 Å². The van der Waals surface area contributed by atoms with Crippen LogP contribution in [0.1, 0.15) is 46.6 Å². The van der Waals surface area contributed by atoms with Gasteiger partial charge in [-0.1, -0.05) is 13.3 Å². The van der Waals surface area contributed by atoms with E-state index in [1.165, 1.54) is 17.8 Å². The van der Waals surface area contributed by atoms with Crippen molar-refractivity contribution in [1.82, 2.24) is 4.98 Å². The lowest BCUT2D eigenvalue weighted by atomic mass is 9.71. The molecule has 0 amide bonds. The highest BCUT2D eigenvalue weighted by Crippen LogP contribution is 2.45. The monoisotopic (exact) mass is 211 g/mol. The Morgan fingerprint density at radius 3 is 2.57 bits per heavy atom. The van der Waals surface area contributed by atoms with Gasteiger partial charge in [0.1, 0.15) is 4.88 Å². The van der Waals surface area contributed by atoms with Gasteiger partial charge in [-0.3, -0.25) is 0 Å². The summed E-state index contributed by atoms with van der Waals surface area (Å²) in [6.07, 6.45) is 3.51. The normalized spacial score (nSPS) is 19.0. The van der Waals surface area contributed by atoms with Crippen molar-refractivity contribution in [3.63, 3.8) is 0 Å². The molecule has 0 atom stereocenters. The summed E-state index contributed by atoms with van der Waals surface area (Å²) in [5.74, 6) is -0.853. The molecule has 1 aromatic rings. The van der Waals surface area contributed by atoms with Gasteiger partial charge in [0, 0.05) is 5.41 Å². The number of aromatic nitrogens is 1. The molecule has 0 saturated heterocycles. The standard InChI is InChI=1S/C10H13NO2S/c1-6-7(8(12)13)14-9(11-6)10(2)4-3-5-10/h3-5H2,1-2H3,(H,12,13). The first-order valence-electron chi connectivity index (χ1n) is 4.74. The molecule has 0 radical (unpaired) electrons. The second-order valence-corrected chi connectivity index (χ2v) is 5.15. The maximum atomic E-state index is 10.8. The van der Waals surface area contributed by atoms with Gasteiger partial charge in [0.15, 0.2) is 0 Å². The van der Waals surface area contributed by atoms with E-state index >= 15 is 0 Å². The number of carbonyl (C=O) groups is 1. The lowest BCUT2D eigenvalue weighted by Crippen LogP contribution is -2.30. The Labute approximate surface area is 86.8 Å². The Morgan fingerprint density at radius 2 is 2.21 bits per heavy atom. The van der Waals surface area contributed by atoms with Crippen LogP contribution in [-0.4, -0.2) is 16.1 Å². The lowest BCUT2D eigenvalue weighted by molar-refractivity contribution is 0.0701. The minimum absolute atomic E-state index is 0.156. The molecule has 1 aliphatic carbocycles. The SMILES string of the molecule is Cc1nc(C2(C)CCC2)sc1C(=O)O. The van der Waals surface area contributed by atoms with Gasteiger partial charge in [0.25, 0.3) is 0 Å². The maximum Gasteiger partial charge on any atom is 0.347 e. The molecule has 1 heterocycles. The molecule has 0 bridgehead atoms. The van der Waals surface area contributed by atoms with Crippen LogP contribution in [0.15, 0.2) is 0 Å². The smallest absolute Gasteiger partial charge is 0.347 e. The van der Waals surface area contributed by atoms with Gasteiger partial charge in [0.2, 0.25) is 0 Å². The van der Waals surface area contributed by atoms with E-state index in [0.717, 1.165) is 17.8 Å². The molecule has 1 aromatic heterocycles. The fourth-order valence-electron chi connectivity index (χ4n) is 1.77. The number of hydrogen-bond donors (Lipinski definition) is 1. The summed E-state index contributed by atoms with van der Waals surface area (Å²) in [5.41, 5.74) is 0.814. The summed E-state index contributed by atoms with van der Waals surface area (Å²) in [4.78, 5) is 15.6. The molecule has 14 heavy (non-hydrogen) atoms. The fourth-order valence-corrected chi connectivity index (χ4v) is 2.88. The molecule has 0 aliphatic heterocycles. The first-order valence-corrected chi connectivity index (χ1v) is 5.56. The predicted octanol–water partition coefficient (Wildman–Crippen LogP) is 2.59. The van der Waals surface area contributed by atoms with Crippen LogP contribution < -0.4 is 0 Å². The van der Waals surface area contributed by atoms with Crippen molar-refractivity contribution in [3.05, 3.63) is 15.6 Å². The van der Waals surface area contributed by atoms with Gasteiger partial charge >= 0.3 is 5.97 Å². The van der Waals surface area contributed by atoms with Crippen LogP contribution >= 0.6 is 11.3 Å². The molecule has 2 rings (SSSR count). The van der Waals surface area contributed by atoms with Crippen LogP contribution in [0.4, 0.5) is 0 Å². The highest BCUT2D eigenvalue weighted by atomic mass is 32.1. The maximum absolute atomic E-state index is 10.8. The van der Waals surface area contributed by atoms with E-state index in [2.05, 4.69) is 11.9 Å². The summed E-state index contributed by atoms with van der Waals surface area (Å²) in [7, 11) is 0. The first kappa shape index (κ1) is 9.65. The number of carboxylic acid groups (broad SMARTS) is 1. The Hall–Kier alpha value is -0.900. The average molecular weight is 211 g/mol. The Kier molecular flexibility index (Phi) is 2.10. The van der Waals surface area contributed by atoms with Crippen LogP contribution in [0, 0.1) is 6.92 Å². The van der Waals surface area contributed by atoms with E-state index in [4.69, 9.17) is 5.11 Å². The second-order valence-electron chi connectivity index (χ2n) is 4.15. The lowest BCUT2D eigenvalue weighted by Gasteiger charge is -2.36. The molecule has 1 N–H and O–H groups in total. The zero-order valence-electron chi connectivity index (χ0n) is 8.33. The minimum Gasteiger partial charge on any atom is -0.477 e. The van der Waals surface area contributed by atoms with Gasteiger partial charge in [-0.15, -0.1) is 11.3 Å². The number of hydrogen-bond acceptors (Lipinski definition) is 3. The highest BCUT2D eigenvalue weighted by molar-refractivity contribution is 7.13. The number of aryl methyl sites for hydroxylation is 1. The zero-order valence-corrected chi connectivity index (χ0v) is 9.15. The van der Waals surface area contributed by atoms with Gasteiger partial charge in [-0.25, -0.2) is 9.78 Å². The van der Waals surface area contributed by atoms with E-state index in [0.29, 0.717) is 10.6 Å². The van der Waals surface area contributed by atoms with Crippen LogP contribution in [0.25, 0.3) is 0 Å². The number of nitrogens with zero attached hydrogens (tertiary/aromatic N) is 1. The second kappa shape index (κ2) is 3.05. The van der Waals surface area contributed by atoms with Gasteiger partial charge in [-0.2, -0.15) is 0 Å². The highest BCUT2D eigenvalue weighted by Gasteiger charge is 2.37. The van der Waals surface area contributed by atoms with Crippen molar-refractivity contribution in [3.8, 4) is 0 Å². The van der Waals surface area contributed by atoms with E-state index in [1.54, 1.807) is 6.92 Å². The van der Waals surface area contributed by atoms with Crippen molar-refractivity contribution in [2.24, 2.45) is 0 Å². The minimum atomic E-state index is -0.853. The Morgan fingerprint density at radius 1 is 1.57 bits per heavy atom. The van der Waals surface area contributed by atoms with E-state index in [1.807, 2.05) is 0 Å². The number of aromatic carboxylic acids is 1. The largest absolute Gasteiger partial charge is 0.477 e. The molecule has 0 unspecified atom stereocenters. The van der Waals surface area contributed by atoms with Crippen molar-refractivity contribution in [2.75, 3.05) is 0 Å². The van der Waals surface area contributed by atoms with Gasteiger partial charge in [-0.05, 0) is 19.8 Å². The van der Waals surface area contributed by atoms with Gasteiger partial charge < -0.3 is 5.11 Å². The van der Waals surface area contributed by atoms with E-state index in [-0.39, 0.29) is 5.41 Å². The molecular weight excluding hydrogens is 198 g/mol.